The van der Waals surface area contributed by atoms with Gasteiger partial charge in [0.2, 0.25) is 11.8 Å². The van der Waals surface area contributed by atoms with E-state index in [9.17, 15) is 14.4 Å². The van der Waals surface area contributed by atoms with Crippen molar-refractivity contribution in [2.24, 2.45) is 0 Å². The summed E-state index contributed by atoms with van der Waals surface area (Å²) in [6.45, 7) is 2.19. The number of unbranched alkanes of at least 4 members (excludes halogenated alkanes) is 2. The lowest BCUT2D eigenvalue weighted by atomic mass is 9.95. The standard InChI is InChI=1S/C27H36N4O3/c1-2-3-5-13-25(32)29-23-11-8-12-24(18-23)30-26(33)19-28-21-16-14-20(15-17-21)27(34)31-22-9-6-4-7-10-22/h8,11-12,14-18,22,28H,2-7,9-10,13,19H2,1H3,(H,29,32)(H,30,33)(H,31,34). The molecule has 0 atom stereocenters. The van der Waals surface area contributed by atoms with Gasteiger partial charge in [0, 0.05) is 35.1 Å². The van der Waals surface area contributed by atoms with Crippen molar-refractivity contribution in [3.63, 3.8) is 0 Å². The van der Waals surface area contributed by atoms with Crippen molar-refractivity contribution in [2.75, 3.05) is 22.5 Å². The Morgan fingerprint density at radius 1 is 0.824 bits per heavy atom. The SMILES string of the molecule is CCCCCC(=O)Nc1cccc(NC(=O)CNc2ccc(C(=O)NC3CCCCC3)cc2)c1. The summed E-state index contributed by atoms with van der Waals surface area (Å²) in [7, 11) is 0. The molecule has 0 aliphatic heterocycles. The molecule has 1 aliphatic rings. The number of nitrogens with one attached hydrogen (secondary N) is 4. The molecule has 1 saturated carbocycles. The van der Waals surface area contributed by atoms with Gasteiger partial charge in [-0.3, -0.25) is 14.4 Å². The zero-order valence-electron chi connectivity index (χ0n) is 20.0. The predicted octanol–water partition coefficient (Wildman–Crippen LogP) is 5.32. The van der Waals surface area contributed by atoms with Crippen molar-refractivity contribution in [1.29, 1.82) is 0 Å². The zero-order chi connectivity index (χ0) is 24.2. The van der Waals surface area contributed by atoms with E-state index in [1.54, 1.807) is 48.5 Å². The molecule has 7 nitrogen and oxygen atoms in total. The highest BCUT2D eigenvalue weighted by atomic mass is 16.2. The molecule has 4 N–H and O–H groups in total. The minimum atomic E-state index is -0.203. The van der Waals surface area contributed by atoms with E-state index in [-0.39, 0.29) is 30.3 Å². The highest BCUT2D eigenvalue weighted by Gasteiger charge is 2.16. The molecule has 34 heavy (non-hydrogen) atoms. The molecule has 0 saturated heterocycles. The Bertz CT molecular complexity index is 953. The van der Waals surface area contributed by atoms with Crippen molar-refractivity contribution >= 4 is 34.8 Å². The summed E-state index contributed by atoms with van der Waals surface area (Å²) in [4.78, 5) is 36.8. The molecule has 3 amide bonds. The molecule has 1 aliphatic carbocycles. The van der Waals surface area contributed by atoms with Crippen molar-refractivity contribution in [2.45, 2.75) is 70.8 Å². The predicted molar refractivity (Wildman–Crippen MR) is 137 cm³/mol. The van der Waals surface area contributed by atoms with E-state index in [1.807, 2.05) is 0 Å². The maximum absolute atomic E-state index is 12.4. The van der Waals surface area contributed by atoms with Gasteiger partial charge in [-0.25, -0.2) is 0 Å². The van der Waals surface area contributed by atoms with Gasteiger partial charge in [0.05, 0.1) is 6.54 Å². The Morgan fingerprint density at radius 2 is 1.50 bits per heavy atom. The summed E-state index contributed by atoms with van der Waals surface area (Å²) in [5.41, 5.74) is 2.66. The summed E-state index contributed by atoms with van der Waals surface area (Å²) >= 11 is 0. The second-order valence-corrected chi connectivity index (χ2v) is 8.87. The summed E-state index contributed by atoms with van der Waals surface area (Å²) in [5, 5.41) is 11.9. The second kappa shape index (κ2) is 13.4. The average molecular weight is 465 g/mol. The largest absolute Gasteiger partial charge is 0.376 e. The molecule has 0 aromatic heterocycles. The van der Waals surface area contributed by atoms with Crippen LogP contribution in [0.25, 0.3) is 0 Å². The normalized spacial score (nSPS) is 13.7. The van der Waals surface area contributed by atoms with Crippen LogP contribution in [0.15, 0.2) is 48.5 Å². The van der Waals surface area contributed by atoms with Gasteiger partial charge >= 0.3 is 0 Å². The van der Waals surface area contributed by atoms with Gasteiger partial charge in [-0.15, -0.1) is 0 Å². The lowest BCUT2D eigenvalue weighted by Crippen LogP contribution is -2.36. The molecule has 7 heteroatoms. The van der Waals surface area contributed by atoms with Gasteiger partial charge in [-0.05, 0) is 61.7 Å². The molecule has 2 aromatic carbocycles. The van der Waals surface area contributed by atoms with Crippen LogP contribution in [0.5, 0.6) is 0 Å². The van der Waals surface area contributed by atoms with Gasteiger partial charge in [0.1, 0.15) is 0 Å². The quantitative estimate of drug-likeness (QED) is 0.338. The molecule has 2 aromatic rings. The Labute approximate surface area is 202 Å². The lowest BCUT2D eigenvalue weighted by Gasteiger charge is -2.22. The minimum Gasteiger partial charge on any atom is -0.376 e. The number of carbonyl (C=O) groups is 3. The summed E-state index contributed by atoms with van der Waals surface area (Å²) < 4.78 is 0. The van der Waals surface area contributed by atoms with Crippen LogP contribution in [-0.2, 0) is 9.59 Å². The van der Waals surface area contributed by atoms with Crippen LogP contribution in [0, 0.1) is 0 Å². The average Bonchev–Trinajstić information content (AvgIpc) is 2.84. The first-order valence-corrected chi connectivity index (χ1v) is 12.4. The Morgan fingerprint density at radius 3 is 2.18 bits per heavy atom. The Hall–Kier alpha value is -3.35. The first-order chi connectivity index (χ1) is 16.5. The molecule has 3 rings (SSSR count). The molecule has 0 spiro atoms. The molecular formula is C27H36N4O3. The number of hydrogen-bond acceptors (Lipinski definition) is 4. The minimum absolute atomic E-state index is 0.0190. The van der Waals surface area contributed by atoms with Crippen LogP contribution in [-0.4, -0.2) is 30.3 Å². The van der Waals surface area contributed by atoms with Gasteiger partial charge in [-0.2, -0.15) is 0 Å². The number of benzene rings is 2. The van der Waals surface area contributed by atoms with E-state index in [0.717, 1.165) is 37.8 Å². The topological polar surface area (TPSA) is 99.3 Å². The van der Waals surface area contributed by atoms with E-state index in [2.05, 4.69) is 28.2 Å². The Balaban J connectivity index is 1.43. The van der Waals surface area contributed by atoms with Gasteiger partial charge < -0.3 is 21.3 Å². The van der Waals surface area contributed by atoms with Crippen LogP contribution in [0.3, 0.4) is 0 Å². The first kappa shape index (κ1) is 25.3. The third kappa shape index (κ3) is 8.54. The van der Waals surface area contributed by atoms with Gasteiger partial charge in [0.15, 0.2) is 0 Å². The maximum Gasteiger partial charge on any atom is 0.251 e. The number of hydrogen-bond donors (Lipinski definition) is 4. The van der Waals surface area contributed by atoms with E-state index in [4.69, 9.17) is 0 Å². The third-order valence-electron chi connectivity index (χ3n) is 5.98. The van der Waals surface area contributed by atoms with Crippen molar-refractivity contribution in [1.82, 2.24) is 5.32 Å². The summed E-state index contributed by atoms with van der Waals surface area (Å²) in [6.07, 6.45) is 9.17. The fourth-order valence-corrected chi connectivity index (χ4v) is 4.08. The van der Waals surface area contributed by atoms with Crippen molar-refractivity contribution in [3.8, 4) is 0 Å². The van der Waals surface area contributed by atoms with Gasteiger partial charge in [-0.1, -0.05) is 45.1 Å². The van der Waals surface area contributed by atoms with Crippen LogP contribution < -0.4 is 21.3 Å². The maximum atomic E-state index is 12.4. The number of anilines is 3. The molecule has 1 fully saturated rings. The third-order valence-corrected chi connectivity index (χ3v) is 5.98. The van der Waals surface area contributed by atoms with E-state index < -0.39 is 0 Å². The van der Waals surface area contributed by atoms with Crippen LogP contribution in [0.2, 0.25) is 0 Å². The number of rotatable bonds is 11. The van der Waals surface area contributed by atoms with Gasteiger partial charge in [0.25, 0.3) is 5.91 Å². The fraction of sp³-hybridized carbons (Fsp3) is 0.444. The van der Waals surface area contributed by atoms with Crippen molar-refractivity contribution in [3.05, 3.63) is 54.1 Å². The highest BCUT2D eigenvalue weighted by Crippen LogP contribution is 2.19. The van der Waals surface area contributed by atoms with Crippen LogP contribution in [0.4, 0.5) is 17.1 Å². The smallest absolute Gasteiger partial charge is 0.251 e. The highest BCUT2D eigenvalue weighted by molar-refractivity contribution is 5.96. The lowest BCUT2D eigenvalue weighted by molar-refractivity contribution is -0.116. The summed E-state index contributed by atoms with van der Waals surface area (Å²) in [5.74, 6) is -0.270. The van der Waals surface area contributed by atoms with Crippen LogP contribution in [0.1, 0.15) is 75.1 Å². The monoisotopic (exact) mass is 464 g/mol. The molecule has 182 valence electrons. The van der Waals surface area contributed by atoms with Crippen LogP contribution >= 0.6 is 0 Å². The first-order valence-electron chi connectivity index (χ1n) is 12.4. The number of carbonyl (C=O) groups excluding carboxylic acids is 3. The molecule has 0 bridgehead atoms. The van der Waals surface area contributed by atoms with E-state index >= 15 is 0 Å². The zero-order valence-corrected chi connectivity index (χ0v) is 20.0. The molecular weight excluding hydrogens is 428 g/mol. The fourth-order valence-electron chi connectivity index (χ4n) is 4.08. The summed E-state index contributed by atoms with van der Waals surface area (Å²) in [6, 6.07) is 14.5. The Kier molecular flexibility index (Phi) is 9.95. The molecule has 0 heterocycles. The second-order valence-electron chi connectivity index (χ2n) is 8.87. The number of amides is 3. The molecule has 0 unspecified atom stereocenters. The van der Waals surface area contributed by atoms with E-state index in [1.165, 1.54) is 19.3 Å². The van der Waals surface area contributed by atoms with E-state index in [0.29, 0.717) is 23.4 Å². The van der Waals surface area contributed by atoms with Crippen molar-refractivity contribution < 1.29 is 14.4 Å². The molecule has 0 radical (unpaired) electrons.